The van der Waals surface area contributed by atoms with E-state index in [-0.39, 0.29) is 5.60 Å². The predicted octanol–water partition coefficient (Wildman–Crippen LogP) is 2.95. The zero-order valence-corrected chi connectivity index (χ0v) is 9.64. The molecule has 0 bridgehead atoms. The Morgan fingerprint density at radius 1 is 1.50 bits per heavy atom. The van der Waals surface area contributed by atoms with Gasteiger partial charge in [-0.15, -0.1) is 0 Å². The van der Waals surface area contributed by atoms with Gasteiger partial charge in [-0.1, -0.05) is 26.7 Å². The fourth-order valence-electron chi connectivity index (χ4n) is 2.19. The lowest BCUT2D eigenvalue weighted by Gasteiger charge is -2.39. The van der Waals surface area contributed by atoms with Gasteiger partial charge in [0, 0.05) is 13.5 Å². The molecule has 0 amide bonds. The molecule has 0 spiro atoms. The number of hydrogen-bond acceptors (Lipinski definition) is 2. The lowest BCUT2D eigenvalue weighted by Crippen LogP contribution is -2.47. The maximum atomic E-state index is 11.9. The molecule has 1 unspecified atom stereocenters. The van der Waals surface area contributed by atoms with Crippen LogP contribution in [0.2, 0.25) is 0 Å². The quantitative estimate of drug-likeness (QED) is 0.656. The van der Waals surface area contributed by atoms with Gasteiger partial charge in [0.1, 0.15) is 5.60 Å². The highest BCUT2D eigenvalue weighted by atomic mass is 16.5. The molecule has 0 aromatic carbocycles. The van der Waals surface area contributed by atoms with E-state index in [0.29, 0.717) is 18.1 Å². The Balaban J connectivity index is 2.40. The Morgan fingerprint density at radius 2 is 2.14 bits per heavy atom. The summed E-state index contributed by atoms with van der Waals surface area (Å²) in [5, 5.41) is 0. The standard InChI is InChI=1S/C12H22O2/c1-4-6-10(2)9-11(13)12(14-3)7-5-8-12/h10H,4-9H2,1-3H3. The van der Waals surface area contributed by atoms with Crippen LogP contribution >= 0.6 is 0 Å². The van der Waals surface area contributed by atoms with E-state index in [1.165, 1.54) is 0 Å². The van der Waals surface area contributed by atoms with E-state index in [0.717, 1.165) is 32.1 Å². The predicted molar refractivity (Wildman–Crippen MR) is 57.3 cm³/mol. The number of ketones is 1. The van der Waals surface area contributed by atoms with Crippen LogP contribution in [-0.2, 0) is 9.53 Å². The van der Waals surface area contributed by atoms with E-state index < -0.39 is 0 Å². The molecule has 0 saturated heterocycles. The third kappa shape index (κ3) is 2.35. The maximum absolute atomic E-state index is 11.9. The van der Waals surface area contributed by atoms with Gasteiger partial charge in [0.05, 0.1) is 0 Å². The van der Waals surface area contributed by atoms with Gasteiger partial charge in [-0.3, -0.25) is 4.79 Å². The van der Waals surface area contributed by atoms with Crippen molar-refractivity contribution >= 4 is 5.78 Å². The van der Waals surface area contributed by atoms with Gasteiger partial charge in [-0.25, -0.2) is 0 Å². The number of carbonyl (C=O) groups excluding carboxylic acids is 1. The molecule has 0 aromatic heterocycles. The topological polar surface area (TPSA) is 26.3 Å². The molecular weight excluding hydrogens is 176 g/mol. The molecule has 1 atom stereocenters. The molecule has 0 aromatic rings. The SMILES string of the molecule is CCCC(C)CC(=O)C1(OC)CCC1. The Morgan fingerprint density at radius 3 is 2.50 bits per heavy atom. The first-order valence-corrected chi connectivity index (χ1v) is 5.73. The van der Waals surface area contributed by atoms with Crippen LogP contribution in [0.1, 0.15) is 52.4 Å². The van der Waals surface area contributed by atoms with Crippen molar-refractivity contribution in [2.24, 2.45) is 5.92 Å². The second-order valence-electron chi connectivity index (χ2n) is 4.57. The minimum Gasteiger partial charge on any atom is -0.370 e. The molecule has 1 fully saturated rings. The summed E-state index contributed by atoms with van der Waals surface area (Å²) in [6, 6.07) is 0. The summed E-state index contributed by atoms with van der Waals surface area (Å²) >= 11 is 0. The van der Waals surface area contributed by atoms with Crippen molar-refractivity contribution in [3.05, 3.63) is 0 Å². The summed E-state index contributed by atoms with van der Waals surface area (Å²) in [5.74, 6) is 0.840. The molecule has 2 heteroatoms. The number of ether oxygens (including phenoxy) is 1. The molecule has 1 rings (SSSR count). The Labute approximate surface area is 87.0 Å². The third-order valence-corrected chi connectivity index (χ3v) is 3.38. The van der Waals surface area contributed by atoms with Crippen LogP contribution in [0.4, 0.5) is 0 Å². The molecule has 0 radical (unpaired) electrons. The fourth-order valence-corrected chi connectivity index (χ4v) is 2.19. The third-order valence-electron chi connectivity index (χ3n) is 3.38. The van der Waals surface area contributed by atoms with Crippen LogP contribution in [0.25, 0.3) is 0 Å². The van der Waals surface area contributed by atoms with Gasteiger partial charge in [-0.2, -0.15) is 0 Å². The van der Waals surface area contributed by atoms with E-state index in [2.05, 4.69) is 13.8 Å². The molecular formula is C12H22O2. The molecule has 1 aliphatic rings. The molecule has 1 aliphatic carbocycles. The molecule has 0 N–H and O–H groups in total. The monoisotopic (exact) mass is 198 g/mol. The molecule has 82 valence electrons. The van der Waals surface area contributed by atoms with Gasteiger partial charge >= 0.3 is 0 Å². The van der Waals surface area contributed by atoms with E-state index >= 15 is 0 Å². The van der Waals surface area contributed by atoms with E-state index in [1.807, 2.05) is 0 Å². The van der Waals surface area contributed by atoms with Crippen LogP contribution in [0.15, 0.2) is 0 Å². The van der Waals surface area contributed by atoms with Crippen molar-refractivity contribution in [3.8, 4) is 0 Å². The highest BCUT2D eigenvalue weighted by Crippen LogP contribution is 2.37. The zero-order valence-electron chi connectivity index (χ0n) is 9.64. The van der Waals surface area contributed by atoms with Gasteiger partial charge in [0.15, 0.2) is 5.78 Å². The largest absolute Gasteiger partial charge is 0.370 e. The van der Waals surface area contributed by atoms with Crippen molar-refractivity contribution in [1.29, 1.82) is 0 Å². The Bertz CT molecular complexity index is 189. The lowest BCUT2D eigenvalue weighted by molar-refractivity contribution is -0.152. The van der Waals surface area contributed by atoms with Gasteiger partial charge in [0.2, 0.25) is 0 Å². The Hall–Kier alpha value is -0.370. The summed E-state index contributed by atoms with van der Waals surface area (Å²) in [7, 11) is 1.67. The second-order valence-corrected chi connectivity index (χ2v) is 4.57. The average molecular weight is 198 g/mol. The van der Waals surface area contributed by atoms with Crippen molar-refractivity contribution in [1.82, 2.24) is 0 Å². The molecule has 0 aliphatic heterocycles. The summed E-state index contributed by atoms with van der Waals surface area (Å²) in [4.78, 5) is 11.9. The number of carbonyl (C=O) groups is 1. The first-order chi connectivity index (χ1) is 6.64. The highest BCUT2D eigenvalue weighted by molar-refractivity contribution is 5.88. The maximum Gasteiger partial charge on any atom is 0.164 e. The summed E-state index contributed by atoms with van der Waals surface area (Å²) in [6.07, 6.45) is 6.01. The van der Waals surface area contributed by atoms with Crippen molar-refractivity contribution in [2.45, 2.75) is 58.0 Å². The average Bonchev–Trinajstić information content (AvgIpc) is 2.03. The number of Topliss-reactive ketones (excluding diaryl/α,β-unsaturated/α-hetero) is 1. The van der Waals surface area contributed by atoms with E-state index in [4.69, 9.17) is 4.74 Å². The van der Waals surface area contributed by atoms with Crippen molar-refractivity contribution < 1.29 is 9.53 Å². The molecule has 0 heterocycles. The normalized spacial score (nSPS) is 21.4. The van der Waals surface area contributed by atoms with Crippen LogP contribution in [0.5, 0.6) is 0 Å². The van der Waals surface area contributed by atoms with Gasteiger partial charge in [0.25, 0.3) is 0 Å². The van der Waals surface area contributed by atoms with Gasteiger partial charge < -0.3 is 4.74 Å². The van der Waals surface area contributed by atoms with Crippen LogP contribution in [0.3, 0.4) is 0 Å². The second kappa shape index (κ2) is 4.92. The van der Waals surface area contributed by atoms with E-state index in [1.54, 1.807) is 7.11 Å². The number of methoxy groups -OCH3 is 1. The van der Waals surface area contributed by atoms with Crippen LogP contribution in [0, 0.1) is 5.92 Å². The lowest BCUT2D eigenvalue weighted by atomic mass is 9.74. The zero-order chi connectivity index (χ0) is 10.6. The molecule has 1 saturated carbocycles. The molecule has 2 nitrogen and oxygen atoms in total. The number of hydrogen-bond donors (Lipinski definition) is 0. The Kier molecular flexibility index (Phi) is 4.11. The fraction of sp³-hybridized carbons (Fsp3) is 0.917. The van der Waals surface area contributed by atoms with Crippen LogP contribution < -0.4 is 0 Å². The minimum absolute atomic E-state index is 0.326. The van der Waals surface area contributed by atoms with Gasteiger partial charge in [-0.05, 0) is 25.2 Å². The molecule has 14 heavy (non-hydrogen) atoms. The minimum atomic E-state index is -0.387. The highest BCUT2D eigenvalue weighted by Gasteiger charge is 2.43. The van der Waals surface area contributed by atoms with Crippen molar-refractivity contribution in [2.75, 3.05) is 7.11 Å². The first-order valence-electron chi connectivity index (χ1n) is 5.73. The van der Waals surface area contributed by atoms with E-state index in [9.17, 15) is 4.79 Å². The summed E-state index contributed by atoms with van der Waals surface area (Å²) in [6.45, 7) is 4.32. The van der Waals surface area contributed by atoms with Crippen molar-refractivity contribution in [3.63, 3.8) is 0 Å². The summed E-state index contributed by atoms with van der Waals surface area (Å²) < 4.78 is 5.37. The smallest absolute Gasteiger partial charge is 0.164 e. The first kappa shape index (κ1) is 11.7. The van der Waals surface area contributed by atoms with Crippen LogP contribution in [-0.4, -0.2) is 18.5 Å². The summed E-state index contributed by atoms with van der Waals surface area (Å²) in [5.41, 5.74) is -0.387. The number of rotatable bonds is 6.